The van der Waals surface area contributed by atoms with E-state index >= 15 is 0 Å². The van der Waals surface area contributed by atoms with Gasteiger partial charge in [-0.1, -0.05) is 12.1 Å². The molecule has 5 heteroatoms. The Labute approximate surface area is 112 Å². The minimum absolute atomic E-state index is 0.0291. The summed E-state index contributed by atoms with van der Waals surface area (Å²) in [6.07, 6.45) is 0.904. The van der Waals surface area contributed by atoms with Crippen molar-refractivity contribution in [3.8, 4) is 5.75 Å². The molecule has 0 saturated carbocycles. The maximum atomic E-state index is 11.8. The van der Waals surface area contributed by atoms with Gasteiger partial charge in [0.1, 0.15) is 12.4 Å². The van der Waals surface area contributed by atoms with Gasteiger partial charge in [-0.2, -0.15) is 0 Å². The second-order valence-corrected chi connectivity index (χ2v) is 4.98. The highest BCUT2D eigenvalue weighted by Gasteiger charge is 2.25. The van der Waals surface area contributed by atoms with E-state index in [-0.39, 0.29) is 18.6 Å². The lowest BCUT2D eigenvalue weighted by Crippen LogP contribution is -2.48. The fraction of sp³-hybridized carbons (Fsp3) is 0.500. The lowest BCUT2D eigenvalue weighted by Gasteiger charge is -2.32. The van der Waals surface area contributed by atoms with Crippen LogP contribution in [0, 0.1) is 0 Å². The van der Waals surface area contributed by atoms with Gasteiger partial charge in [0, 0.05) is 26.1 Å². The fourth-order valence-corrected chi connectivity index (χ4v) is 2.53. The van der Waals surface area contributed by atoms with E-state index in [0.29, 0.717) is 19.6 Å². The van der Waals surface area contributed by atoms with Crippen LogP contribution in [0.2, 0.25) is 0 Å². The van der Waals surface area contributed by atoms with Crippen LogP contribution in [0.5, 0.6) is 5.75 Å². The van der Waals surface area contributed by atoms with E-state index in [9.17, 15) is 4.79 Å². The van der Waals surface area contributed by atoms with E-state index in [4.69, 9.17) is 15.2 Å². The van der Waals surface area contributed by atoms with Gasteiger partial charge in [-0.05, 0) is 17.2 Å². The number of benzene rings is 1. The first kappa shape index (κ1) is 12.4. The summed E-state index contributed by atoms with van der Waals surface area (Å²) in [5.74, 6) is 0.998. The molecule has 0 spiro atoms. The van der Waals surface area contributed by atoms with Crippen LogP contribution in [0.4, 0.5) is 0 Å². The first-order valence-corrected chi connectivity index (χ1v) is 6.60. The number of fused-ring (bicyclic) bond motifs is 1. The predicted molar refractivity (Wildman–Crippen MR) is 69.9 cm³/mol. The molecular formula is C14H18N2O3. The second kappa shape index (κ2) is 5.19. The molecule has 1 atom stereocenters. The van der Waals surface area contributed by atoms with Gasteiger partial charge < -0.3 is 20.1 Å². The Morgan fingerprint density at radius 2 is 2.32 bits per heavy atom. The summed E-state index contributed by atoms with van der Waals surface area (Å²) in [6, 6.07) is 6.13. The molecule has 1 saturated heterocycles. The summed E-state index contributed by atoms with van der Waals surface area (Å²) < 4.78 is 10.8. The Morgan fingerprint density at radius 1 is 1.42 bits per heavy atom. The van der Waals surface area contributed by atoms with Crippen molar-refractivity contribution >= 4 is 5.91 Å². The van der Waals surface area contributed by atoms with Gasteiger partial charge in [-0.15, -0.1) is 0 Å². The van der Waals surface area contributed by atoms with Crippen LogP contribution in [-0.2, 0) is 22.5 Å². The Hall–Kier alpha value is -1.59. The van der Waals surface area contributed by atoms with Gasteiger partial charge in [0.05, 0.1) is 12.7 Å². The minimum Gasteiger partial charge on any atom is -0.493 e. The molecule has 102 valence electrons. The number of nitrogens with zero attached hydrogens (tertiary/aromatic N) is 1. The van der Waals surface area contributed by atoms with E-state index in [1.807, 2.05) is 17.0 Å². The van der Waals surface area contributed by atoms with Gasteiger partial charge in [-0.25, -0.2) is 0 Å². The average molecular weight is 262 g/mol. The molecule has 2 heterocycles. The largest absolute Gasteiger partial charge is 0.493 e. The summed E-state index contributed by atoms with van der Waals surface area (Å²) in [7, 11) is 0. The van der Waals surface area contributed by atoms with Crippen molar-refractivity contribution < 1.29 is 14.3 Å². The summed E-state index contributed by atoms with van der Waals surface area (Å²) in [6.45, 7) is 2.52. The minimum atomic E-state index is -0.0459. The standard InChI is InChI=1S/C14H18N2O3/c15-6-12-8-16(14(17)9-19-12)7-10-1-2-13-11(5-10)3-4-18-13/h1-2,5,12H,3-4,6-9,15H2. The SMILES string of the molecule is NCC1CN(Cc2ccc3c(c2)CCO3)C(=O)CO1. The number of carbonyl (C=O) groups excluding carboxylic acids is 1. The zero-order chi connectivity index (χ0) is 13.2. The quantitative estimate of drug-likeness (QED) is 0.851. The van der Waals surface area contributed by atoms with Crippen molar-refractivity contribution in [2.24, 2.45) is 5.73 Å². The fourth-order valence-electron chi connectivity index (χ4n) is 2.53. The van der Waals surface area contributed by atoms with E-state index in [1.54, 1.807) is 0 Å². The van der Waals surface area contributed by atoms with Gasteiger partial charge >= 0.3 is 0 Å². The molecule has 1 fully saturated rings. The zero-order valence-corrected chi connectivity index (χ0v) is 10.8. The number of hydrogen-bond acceptors (Lipinski definition) is 4. The van der Waals surface area contributed by atoms with Crippen LogP contribution in [-0.4, -0.2) is 43.2 Å². The van der Waals surface area contributed by atoms with Crippen LogP contribution in [0.1, 0.15) is 11.1 Å². The molecule has 1 amide bonds. The highest BCUT2D eigenvalue weighted by atomic mass is 16.5. The number of rotatable bonds is 3. The smallest absolute Gasteiger partial charge is 0.248 e. The van der Waals surface area contributed by atoms with Gasteiger partial charge in [-0.3, -0.25) is 4.79 Å². The molecule has 1 aromatic rings. The predicted octanol–water partition coefficient (Wildman–Crippen LogP) is 0.308. The van der Waals surface area contributed by atoms with E-state index in [2.05, 4.69) is 6.07 Å². The topological polar surface area (TPSA) is 64.8 Å². The molecule has 1 aromatic carbocycles. The highest BCUT2D eigenvalue weighted by Crippen LogP contribution is 2.26. The number of amides is 1. The molecule has 0 radical (unpaired) electrons. The summed E-state index contributed by atoms with van der Waals surface area (Å²) in [5.41, 5.74) is 7.96. The van der Waals surface area contributed by atoms with E-state index in [1.165, 1.54) is 5.56 Å². The maximum absolute atomic E-state index is 11.8. The third-order valence-electron chi connectivity index (χ3n) is 3.61. The highest BCUT2D eigenvalue weighted by molar-refractivity contribution is 5.78. The van der Waals surface area contributed by atoms with Gasteiger partial charge in [0.15, 0.2) is 0 Å². The summed E-state index contributed by atoms with van der Waals surface area (Å²) >= 11 is 0. The van der Waals surface area contributed by atoms with Crippen LogP contribution < -0.4 is 10.5 Å². The van der Waals surface area contributed by atoms with Crippen LogP contribution >= 0.6 is 0 Å². The molecule has 0 aliphatic carbocycles. The van der Waals surface area contributed by atoms with E-state index in [0.717, 1.165) is 24.3 Å². The van der Waals surface area contributed by atoms with Gasteiger partial charge in [0.2, 0.25) is 5.91 Å². The number of carbonyl (C=O) groups is 1. The van der Waals surface area contributed by atoms with Crippen LogP contribution in [0.25, 0.3) is 0 Å². The Kier molecular flexibility index (Phi) is 3.40. The summed E-state index contributed by atoms with van der Waals surface area (Å²) in [5, 5.41) is 0. The van der Waals surface area contributed by atoms with Crippen LogP contribution in [0.3, 0.4) is 0 Å². The van der Waals surface area contributed by atoms with Gasteiger partial charge in [0.25, 0.3) is 0 Å². The Bertz CT molecular complexity index is 490. The number of ether oxygens (including phenoxy) is 2. The number of hydrogen-bond donors (Lipinski definition) is 1. The Balaban J connectivity index is 1.71. The molecule has 0 bridgehead atoms. The zero-order valence-electron chi connectivity index (χ0n) is 10.8. The van der Waals surface area contributed by atoms with Crippen LogP contribution in [0.15, 0.2) is 18.2 Å². The molecule has 2 aliphatic rings. The first-order valence-electron chi connectivity index (χ1n) is 6.60. The first-order chi connectivity index (χ1) is 9.26. The van der Waals surface area contributed by atoms with Crippen molar-refractivity contribution in [3.63, 3.8) is 0 Å². The number of morpholine rings is 1. The lowest BCUT2D eigenvalue weighted by atomic mass is 10.1. The van der Waals surface area contributed by atoms with Crippen molar-refractivity contribution in [2.45, 2.75) is 19.1 Å². The van der Waals surface area contributed by atoms with Crippen molar-refractivity contribution in [2.75, 3.05) is 26.3 Å². The summed E-state index contributed by atoms with van der Waals surface area (Å²) in [4.78, 5) is 13.6. The van der Waals surface area contributed by atoms with Crippen molar-refractivity contribution in [1.82, 2.24) is 4.90 Å². The van der Waals surface area contributed by atoms with Crippen molar-refractivity contribution in [1.29, 1.82) is 0 Å². The molecule has 3 rings (SSSR count). The molecule has 19 heavy (non-hydrogen) atoms. The normalized spacial score (nSPS) is 22.3. The monoisotopic (exact) mass is 262 g/mol. The molecule has 2 N–H and O–H groups in total. The van der Waals surface area contributed by atoms with Crippen molar-refractivity contribution in [3.05, 3.63) is 29.3 Å². The third kappa shape index (κ3) is 2.57. The molecule has 1 unspecified atom stereocenters. The lowest BCUT2D eigenvalue weighted by molar-refractivity contribution is -0.149. The average Bonchev–Trinajstić information content (AvgIpc) is 2.89. The second-order valence-electron chi connectivity index (χ2n) is 4.98. The number of nitrogens with two attached hydrogens (primary N) is 1. The van der Waals surface area contributed by atoms with E-state index < -0.39 is 0 Å². The molecule has 2 aliphatic heterocycles. The molecule has 5 nitrogen and oxygen atoms in total. The maximum Gasteiger partial charge on any atom is 0.248 e. The molecule has 0 aromatic heterocycles. The molecular weight excluding hydrogens is 244 g/mol. The third-order valence-corrected chi connectivity index (χ3v) is 3.61. The Morgan fingerprint density at radius 3 is 3.16 bits per heavy atom.